The SMILES string of the molecule is FC(F)(F)C(Nc1ccc(CC[C@H]2COC=N2)cc1)c1cc(Cl)cc(Cl)c1. The fourth-order valence-electron chi connectivity index (χ4n) is 2.85. The highest BCUT2D eigenvalue weighted by Crippen LogP contribution is 2.37. The molecule has 0 saturated carbocycles. The molecule has 0 fully saturated rings. The van der Waals surface area contributed by atoms with Gasteiger partial charge in [0.1, 0.15) is 12.6 Å². The lowest BCUT2D eigenvalue weighted by Crippen LogP contribution is -2.28. The van der Waals surface area contributed by atoms with Crippen LogP contribution in [0.4, 0.5) is 18.9 Å². The first-order valence-corrected chi connectivity index (χ1v) is 9.08. The van der Waals surface area contributed by atoms with Crippen molar-refractivity contribution in [2.75, 3.05) is 11.9 Å². The number of ether oxygens (including phenoxy) is 1. The van der Waals surface area contributed by atoms with Crippen LogP contribution in [0.2, 0.25) is 10.0 Å². The molecule has 1 unspecified atom stereocenters. The summed E-state index contributed by atoms with van der Waals surface area (Å²) < 4.78 is 45.7. The molecule has 0 aliphatic carbocycles. The third-order valence-corrected chi connectivity index (χ3v) is 4.65. The van der Waals surface area contributed by atoms with Crippen LogP contribution in [-0.4, -0.2) is 25.2 Å². The second-order valence-electron chi connectivity index (χ2n) is 6.30. The molecule has 144 valence electrons. The van der Waals surface area contributed by atoms with E-state index in [9.17, 15) is 13.2 Å². The molecule has 2 aromatic carbocycles. The molecule has 27 heavy (non-hydrogen) atoms. The van der Waals surface area contributed by atoms with Gasteiger partial charge in [0.2, 0.25) is 0 Å². The van der Waals surface area contributed by atoms with E-state index in [0.717, 1.165) is 18.4 Å². The molecule has 1 aliphatic heterocycles. The Morgan fingerprint density at radius 3 is 2.33 bits per heavy atom. The van der Waals surface area contributed by atoms with E-state index in [1.54, 1.807) is 24.3 Å². The van der Waals surface area contributed by atoms with Gasteiger partial charge in [-0.25, -0.2) is 0 Å². The van der Waals surface area contributed by atoms with Crippen LogP contribution < -0.4 is 5.32 Å². The maximum Gasteiger partial charge on any atom is 0.412 e. The van der Waals surface area contributed by atoms with Gasteiger partial charge in [-0.05, 0) is 54.3 Å². The van der Waals surface area contributed by atoms with Crippen molar-refractivity contribution in [2.45, 2.75) is 31.1 Å². The molecule has 0 radical (unpaired) electrons. The molecule has 0 aromatic heterocycles. The Bertz CT molecular complexity index is 789. The lowest BCUT2D eigenvalue weighted by atomic mass is 10.0. The van der Waals surface area contributed by atoms with E-state index in [4.69, 9.17) is 27.9 Å². The first kappa shape index (κ1) is 19.8. The van der Waals surface area contributed by atoms with Gasteiger partial charge in [-0.15, -0.1) is 0 Å². The second kappa shape index (κ2) is 8.40. The molecule has 0 amide bonds. The smallest absolute Gasteiger partial charge is 0.412 e. The second-order valence-corrected chi connectivity index (χ2v) is 7.17. The number of aliphatic imine (C=N–C) groups is 1. The normalized spacial score (nSPS) is 17.6. The van der Waals surface area contributed by atoms with Crippen molar-refractivity contribution >= 4 is 35.3 Å². The standard InChI is InChI=1S/C19H17Cl2F3N2O/c20-14-7-13(8-15(21)9-14)18(19(22,23)24)26-16-4-1-12(2-5-16)3-6-17-10-27-11-25-17/h1-2,4-5,7-9,11,17-18,26H,3,6,10H2/t17-,18?/m0/s1. The summed E-state index contributed by atoms with van der Waals surface area (Å²) in [5, 5.41) is 2.84. The molecule has 1 aliphatic rings. The fraction of sp³-hybridized carbons (Fsp3) is 0.316. The number of alkyl halides is 3. The van der Waals surface area contributed by atoms with Crippen LogP contribution in [0.3, 0.4) is 0 Å². The average molecular weight is 417 g/mol. The van der Waals surface area contributed by atoms with Crippen molar-refractivity contribution in [1.82, 2.24) is 0 Å². The molecular formula is C19H17Cl2F3N2O. The number of benzene rings is 2. The molecule has 0 spiro atoms. The zero-order valence-electron chi connectivity index (χ0n) is 14.1. The van der Waals surface area contributed by atoms with Gasteiger partial charge >= 0.3 is 6.18 Å². The van der Waals surface area contributed by atoms with E-state index in [0.29, 0.717) is 12.3 Å². The van der Waals surface area contributed by atoms with Crippen LogP contribution in [0.25, 0.3) is 0 Å². The Balaban J connectivity index is 1.71. The number of rotatable bonds is 6. The summed E-state index contributed by atoms with van der Waals surface area (Å²) in [5.41, 5.74) is 1.35. The summed E-state index contributed by atoms with van der Waals surface area (Å²) in [4.78, 5) is 4.18. The average Bonchev–Trinajstić information content (AvgIpc) is 3.10. The van der Waals surface area contributed by atoms with E-state index in [-0.39, 0.29) is 21.7 Å². The monoisotopic (exact) mass is 416 g/mol. The van der Waals surface area contributed by atoms with Crippen molar-refractivity contribution in [3.8, 4) is 0 Å². The minimum Gasteiger partial charge on any atom is -0.481 e. The highest BCUT2D eigenvalue weighted by atomic mass is 35.5. The molecule has 2 atom stereocenters. The van der Waals surface area contributed by atoms with Crippen LogP contribution in [0.15, 0.2) is 47.5 Å². The van der Waals surface area contributed by atoms with Crippen LogP contribution >= 0.6 is 23.2 Å². The summed E-state index contributed by atoms with van der Waals surface area (Å²) >= 11 is 11.7. The Labute approximate surface area is 165 Å². The summed E-state index contributed by atoms with van der Waals surface area (Å²) in [6.07, 6.45) is -1.45. The number of nitrogens with one attached hydrogen (secondary N) is 1. The zero-order chi connectivity index (χ0) is 19.4. The Morgan fingerprint density at radius 2 is 1.78 bits per heavy atom. The lowest BCUT2D eigenvalue weighted by Gasteiger charge is -2.23. The number of aryl methyl sites for hydroxylation is 1. The molecule has 3 rings (SSSR count). The van der Waals surface area contributed by atoms with Crippen molar-refractivity contribution in [3.05, 3.63) is 63.6 Å². The van der Waals surface area contributed by atoms with E-state index in [1.165, 1.54) is 24.6 Å². The van der Waals surface area contributed by atoms with Gasteiger partial charge < -0.3 is 10.1 Å². The topological polar surface area (TPSA) is 33.6 Å². The highest BCUT2D eigenvalue weighted by molar-refractivity contribution is 6.34. The minimum absolute atomic E-state index is 0.0387. The van der Waals surface area contributed by atoms with E-state index in [2.05, 4.69) is 10.3 Å². The predicted octanol–water partition coefficient (Wildman–Crippen LogP) is 6.07. The van der Waals surface area contributed by atoms with Gasteiger partial charge in [0.05, 0.1) is 6.04 Å². The third kappa shape index (κ3) is 5.53. The van der Waals surface area contributed by atoms with E-state index < -0.39 is 12.2 Å². The van der Waals surface area contributed by atoms with Gasteiger partial charge in [-0.3, -0.25) is 4.99 Å². The van der Waals surface area contributed by atoms with Crippen molar-refractivity contribution in [1.29, 1.82) is 0 Å². The number of anilines is 1. The largest absolute Gasteiger partial charge is 0.481 e. The van der Waals surface area contributed by atoms with Crippen LogP contribution in [0.1, 0.15) is 23.6 Å². The first-order valence-electron chi connectivity index (χ1n) is 8.33. The number of hydrogen-bond acceptors (Lipinski definition) is 3. The van der Waals surface area contributed by atoms with Crippen LogP contribution in [-0.2, 0) is 11.2 Å². The molecule has 0 saturated heterocycles. The summed E-state index contributed by atoms with van der Waals surface area (Å²) in [7, 11) is 0. The maximum atomic E-state index is 13.6. The Hall–Kier alpha value is -1.92. The number of hydrogen-bond donors (Lipinski definition) is 1. The molecule has 1 N–H and O–H groups in total. The summed E-state index contributed by atoms with van der Waals surface area (Å²) in [5.74, 6) is 0. The van der Waals surface area contributed by atoms with Gasteiger partial charge in [-0.2, -0.15) is 13.2 Å². The molecule has 2 aromatic rings. The summed E-state index contributed by atoms with van der Waals surface area (Å²) in [6, 6.07) is 9.03. The quantitative estimate of drug-likeness (QED) is 0.619. The lowest BCUT2D eigenvalue weighted by molar-refractivity contribution is -0.144. The van der Waals surface area contributed by atoms with Gasteiger partial charge in [0.25, 0.3) is 0 Å². The summed E-state index contributed by atoms with van der Waals surface area (Å²) in [6.45, 7) is 0.578. The highest BCUT2D eigenvalue weighted by Gasteiger charge is 2.41. The van der Waals surface area contributed by atoms with Crippen molar-refractivity contribution < 1.29 is 17.9 Å². The number of nitrogens with zero attached hydrogens (tertiary/aromatic N) is 1. The molecule has 3 nitrogen and oxygen atoms in total. The van der Waals surface area contributed by atoms with Gasteiger partial charge in [-0.1, -0.05) is 35.3 Å². The molecule has 0 bridgehead atoms. The van der Waals surface area contributed by atoms with Gasteiger partial charge in [0, 0.05) is 15.7 Å². The fourth-order valence-corrected chi connectivity index (χ4v) is 3.39. The van der Waals surface area contributed by atoms with Crippen molar-refractivity contribution in [2.24, 2.45) is 4.99 Å². The first-order chi connectivity index (χ1) is 12.8. The minimum atomic E-state index is -4.51. The number of halogens is 5. The van der Waals surface area contributed by atoms with Crippen molar-refractivity contribution in [3.63, 3.8) is 0 Å². The third-order valence-electron chi connectivity index (χ3n) is 4.21. The van der Waals surface area contributed by atoms with Crippen LogP contribution in [0.5, 0.6) is 0 Å². The zero-order valence-corrected chi connectivity index (χ0v) is 15.7. The Kier molecular flexibility index (Phi) is 6.17. The molecule has 1 heterocycles. The molecular weight excluding hydrogens is 400 g/mol. The Morgan fingerprint density at radius 1 is 1.11 bits per heavy atom. The van der Waals surface area contributed by atoms with E-state index >= 15 is 0 Å². The maximum absolute atomic E-state index is 13.6. The van der Waals surface area contributed by atoms with Crippen LogP contribution in [0, 0.1) is 0 Å². The van der Waals surface area contributed by atoms with Gasteiger partial charge in [0.15, 0.2) is 6.40 Å². The molecule has 8 heteroatoms. The predicted molar refractivity (Wildman–Crippen MR) is 102 cm³/mol. The van der Waals surface area contributed by atoms with E-state index in [1.807, 2.05) is 0 Å².